The Labute approximate surface area is 259 Å². The number of halogens is 1. The lowest BCUT2D eigenvalue weighted by Crippen LogP contribution is -2.52. The first-order chi connectivity index (χ1) is 20.9. The van der Waals surface area contributed by atoms with Crippen LogP contribution in [-0.2, 0) is 7.05 Å². The molecular formula is C30H37ClN10OS. The predicted octanol–water partition coefficient (Wildman–Crippen LogP) is 2.81. The van der Waals surface area contributed by atoms with Crippen LogP contribution in [0, 0.1) is 0 Å². The van der Waals surface area contributed by atoms with Crippen LogP contribution in [0.25, 0.3) is 33.1 Å². The van der Waals surface area contributed by atoms with Gasteiger partial charge in [-0.05, 0) is 31.5 Å². The van der Waals surface area contributed by atoms with Crippen molar-refractivity contribution in [3.8, 4) is 11.3 Å². The molecule has 0 spiro atoms. The third-order valence-corrected chi connectivity index (χ3v) is 11.3. The van der Waals surface area contributed by atoms with Crippen LogP contribution in [0.2, 0.25) is 5.02 Å². The van der Waals surface area contributed by atoms with Crippen molar-refractivity contribution in [1.29, 1.82) is 0 Å². The van der Waals surface area contributed by atoms with E-state index in [9.17, 15) is 4.79 Å². The molecule has 8 rings (SSSR count). The minimum atomic E-state index is -0.181. The first-order valence-electron chi connectivity index (χ1n) is 15.3. The molecular weight excluding hydrogens is 584 g/mol. The number of piperazine rings is 2. The molecule has 1 aromatic carbocycles. The molecule has 4 aliphatic rings. The number of nitrogens with zero attached hydrogens (tertiary/aromatic N) is 8. The van der Waals surface area contributed by atoms with Crippen molar-refractivity contribution < 1.29 is 0 Å². The fraction of sp³-hybridized carbons (Fsp3) is 0.533. The van der Waals surface area contributed by atoms with Crippen LogP contribution in [0.4, 0.5) is 11.6 Å². The molecule has 0 saturated carbocycles. The normalized spacial score (nSPS) is 24.4. The molecule has 3 N–H and O–H groups in total. The Morgan fingerprint density at radius 2 is 1.84 bits per heavy atom. The van der Waals surface area contributed by atoms with Gasteiger partial charge in [0.15, 0.2) is 0 Å². The molecule has 0 radical (unpaired) electrons. The number of aryl methyl sites for hydroxylation is 1. The van der Waals surface area contributed by atoms with E-state index >= 15 is 0 Å². The molecule has 4 aliphatic heterocycles. The van der Waals surface area contributed by atoms with Crippen molar-refractivity contribution in [3.63, 3.8) is 0 Å². The molecule has 0 amide bonds. The van der Waals surface area contributed by atoms with E-state index in [1.165, 1.54) is 0 Å². The van der Waals surface area contributed by atoms with Gasteiger partial charge in [0.2, 0.25) is 0 Å². The molecule has 43 heavy (non-hydrogen) atoms. The van der Waals surface area contributed by atoms with Crippen molar-refractivity contribution in [1.82, 2.24) is 39.4 Å². The maximum atomic E-state index is 14.1. The molecule has 2 bridgehead atoms. The highest BCUT2D eigenvalue weighted by Gasteiger charge is 2.37. The van der Waals surface area contributed by atoms with Crippen LogP contribution in [0.5, 0.6) is 0 Å². The van der Waals surface area contributed by atoms with Crippen LogP contribution in [-0.4, -0.2) is 104 Å². The first-order valence-corrected chi connectivity index (χ1v) is 16.7. The molecule has 3 fully saturated rings. The van der Waals surface area contributed by atoms with Gasteiger partial charge in [-0.2, -0.15) is 10.1 Å². The summed E-state index contributed by atoms with van der Waals surface area (Å²) in [5.74, 6) is 1.94. The quantitative estimate of drug-likeness (QED) is 0.345. The minimum Gasteiger partial charge on any atom is -0.384 e. The smallest absolute Gasteiger partial charge is 0.350 e. The van der Waals surface area contributed by atoms with Gasteiger partial charge in [-0.1, -0.05) is 18.5 Å². The fourth-order valence-electron chi connectivity index (χ4n) is 7.57. The lowest BCUT2D eigenvalue weighted by atomic mass is 10.0. The monoisotopic (exact) mass is 620 g/mol. The van der Waals surface area contributed by atoms with E-state index in [-0.39, 0.29) is 11.7 Å². The van der Waals surface area contributed by atoms with E-state index in [1.807, 2.05) is 28.4 Å². The number of hydrogen-bond donors (Lipinski definition) is 2. The molecule has 13 heteroatoms. The third kappa shape index (κ3) is 4.61. The summed E-state index contributed by atoms with van der Waals surface area (Å²) in [6, 6.07) is 4.73. The third-order valence-electron chi connectivity index (χ3n) is 9.77. The predicted molar refractivity (Wildman–Crippen MR) is 173 cm³/mol. The number of hydrogen-bond acceptors (Lipinski definition) is 10. The molecule has 226 valence electrons. The zero-order chi connectivity index (χ0) is 29.4. The second kappa shape index (κ2) is 10.6. The van der Waals surface area contributed by atoms with Crippen molar-refractivity contribution >= 4 is 56.8 Å². The standard InChI is InChI=1S/C30H37ClN10OS/c1-3-38-6-8-39(9-7-38)15-19-16-43-28-25(26-20-11-24(32)33-12-23(20)37(2)36-26)22(31)10-21-27(28)41(19)30(42)35-29(21)40-13-17-4-5-18(14-40)34-17/h10-12,17-19,34H,3-9,13-16H2,1-2H3,(H2,32,33)/t17?,18?,19-/m0/s1. The lowest BCUT2D eigenvalue weighted by molar-refractivity contribution is 0.126. The van der Waals surface area contributed by atoms with E-state index in [0.29, 0.717) is 22.9 Å². The summed E-state index contributed by atoms with van der Waals surface area (Å²) in [5.41, 5.74) is 9.35. The number of nitrogens with one attached hydrogen (secondary N) is 1. The number of nitrogen functional groups attached to an aromatic ring is 1. The number of benzene rings is 1. The molecule has 0 aliphatic carbocycles. The number of pyridine rings is 1. The van der Waals surface area contributed by atoms with Crippen LogP contribution in [0.15, 0.2) is 28.0 Å². The van der Waals surface area contributed by atoms with Crippen molar-refractivity contribution in [3.05, 3.63) is 33.8 Å². The average Bonchev–Trinajstić information content (AvgIpc) is 3.51. The van der Waals surface area contributed by atoms with Crippen molar-refractivity contribution in [2.45, 2.75) is 42.8 Å². The van der Waals surface area contributed by atoms with Gasteiger partial charge >= 0.3 is 5.69 Å². The summed E-state index contributed by atoms with van der Waals surface area (Å²) in [4.78, 5) is 31.5. The van der Waals surface area contributed by atoms with Crippen molar-refractivity contribution in [2.75, 3.05) is 68.7 Å². The lowest BCUT2D eigenvalue weighted by Gasteiger charge is -2.38. The van der Waals surface area contributed by atoms with Crippen LogP contribution in [0.1, 0.15) is 25.8 Å². The number of thioether (sulfide) groups is 1. The topological polar surface area (TPSA) is 113 Å². The number of rotatable bonds is 5. The number of likely N-dealkylation sites (N-methyl/N-ethyl adjacent to an activating group) is 1. The zero-order valence-corrected chi connectivity index (χ0v) is 26.2. The largest absolute Gasteiger partial charge is 0.384 e. The average molecular weight is 621 g/mol. The highest BCUT2D eigenvalue weighted by Crippen LogP contribution is 2.48. The summed E-state index contributed by atoms with van der Waals surface area (Å²) >= 11 is 9.00. The number of anilines is 2. The van der Waals surface area contributed by atoms with Crippen LogP contribution >= 0.6 is 23.4 Å². The van der Waals surface area contributed by atoms with E-state index in [4.69, 9.17) is 27.4 Å². The molecule has 3 aromatic heterocycles. The summed E-state index contributed by atoms with van der Waals surface area (Å²) < 4.78 is 3.78. The van der Waals surface area contributed by atoms with Gasteiger partial charge < -0.3 is 20.9 Å². The second-order valence-electron chi connectivity index (χ2n) is 12.4. The van der Waals surface area contributed by atoms with Gasteiger partial charge in [0.05, 0.1) is 28.3 Å². The SMILES string of the molecule is CCN1CCN(C[C@H]2CSc3c(-c4nn(C)c5cnc(N)cc45)c(Cl)cc4c(N5CC6CCC(C5)N6)nc(=O)n2c34)CC1. The van der Waals surface area contributed by atoms with Crippen molar-refractivity contribution in [2.24, 2.45) is 7.05 Å². The minimum absolute atomic E-state index is 0.00998. The number of nitrogens with two attached hydrogens (primary N) is 1. The van der Waals surface area contributed by atoms with E-state index in [2.05, 4.69) is 31.9 Å². The molecule has 7 heterocycles. The molecule has 4 aromatic rings. The molecule has 2 unspecified atom stereocenters. The maximum Gasteiger partial charge on any atom is 0.350 e. The maximum absolute atomic E-state index is 14.1. The van der Waals surface area contributed by atoms with Gasteiger partial charge in [-0.15, -0.1) is 11.8 Å². The Morgan fingerprint density at radius 1 is 1.09 bits per heavy atom. The van der Waals surface area contributed by atoms with Crippen LogP contribution < -0.4 is 21.6 Å². The number of fused-ring (bicyclic) bond motifs is 3. The Kier molecular flexibility index (Phi) is 6.83. The first kappa shape index (κ1) is 27.6. The summed E-state index contributed by atoms with van der Waals surface area (Å²) in [6.45, 7) is 9.94. The van der Waals surface area contributed by atoms with Gasteiger partial charge in [-0.25, -0.2) is 9.78 Å². The summed E-state index contributed by atoms with van der Waals surface area (Å²) in [7, 11) is 1.91. The van der Waals surface area contributed by atoms with Gasteiger partial charge in [0.25, 0.3) is 0 Å². The highest BCUT2D eigenvalue weighted by atomic mass is 35.5. The van der Waals surface area contributed by atoms with Crippen LogP contribution in [0.3, 0.4) is 0 Å². The van der Waals surface area contributed by atoms with Gasteiger partial charge in [0, 0.05) is 91.9 Å². The highest BCUT2D eigenvalue weighted by molar-refractivity contribution is 7.99. The Bertz CT molecular complexity index is 1790. The van der Waals surface area contributed by atoms with E-state index in [1.54, 1.807) is 18.0 Å². The molecule has 3 saturated heterocycles. The Hall–Kier alpha value is -2.90. The summed E-state index contributed by atoms with van der Waals surface area (Å²) in [5, 5.41) is 11.1. The zero-order valence-electron chi connectivity index (χ0n) is 24.6. The Morgan fingerprint density at radius 3 is 2.58 bits per heavy atom. The fourth-order valence-corrected chi connectivity index (χ4v) is 9.22. The van der Waals surface area contributed by atoms with E-state index < -0.39 is 0 Å². The molecule has 3 atom stereocenters. The second-order valence-corrected chi connectivity index (χ2v) is 13.8. The van der Waals surface area contributed by atoms with E-state index in [0.717, 1.165) is 115 Å². The Balaban J connectivity index is 1.31. The molecule has 11 nitrogen and oxygen atoms in total. The summed E-state index contributed by atoms with van der Waals surface area (Å²) in [6.07, 6.45) is 4.06. The van der Waals surface area contributed by atoms with Gasteiger partial charge in [-0.3, -0.25) is 14.1 Å². The number of aromatic nitrogens is 5. The van der Waals surface area contributed by atoms with Gasteiger partial charge in [0.1, 0.15) is 17.3 Å².